The van der Waals surface area contributed by atoms with Crippen LogP contribution in [0.2, 0.25) is 0 Å². The molecule has 8 heteroatoms. The quantitative estimate of drug-likeness (QED) is 0.904. The van der Waals surface area contributed by atoms with Gasteiger partial charge in [0.25, 0.3) is 10.0 Å². The van der Waals surface area contributed by atoms with Crippen molar-refractivity contribution in [2.24, 2.45) is 0 Å². The lowest BCUT2D eigenvalue weighted by Crippen LogP contribution is -2.17. The number of anilines is 1. The molecule has 0 spiro atoms. The van der Waals surface area contributed by atoms with Crippen molar-refractivity contribution in [2.75, 3.05) is 4.72 Å². The fourth-order valence-electron chi connectivity index (χ4n) is 1.81. The van der Waals surface area contributed by atoms with E-state index in [9.17, 15) is 22.0 Å². The van der Waals surface area contributed by atoms with Gasteiger partial charge in [0, 0.05) is 0 Å². The van der Waals surface area contributed by atoms with Crippen LogP contribution < -0.4 is 4.72 Å². The van der Waals surface area contributed by atoms with E-state index >= 15 is 0 Å². The Morgan fingerprint density at radius 2 is 1.73 bits per heavy atom. The first-order valence-electron chi connectivity index (χ1n) is 6.03. The zero-order valence-electron chi connectivity index (χ0n) is 11.3. The summed E-state index contributed by atoms with van der Waals surface area (Å²) in [7, 11) is -4.34. The van der Waals surface area contributed by atoms with E-state index in [1.807, 2.05) is 4.72 Å². The van der Waals surface area contributed by atoms with Crippen molar-refractivity contribution in [2.45, 2.75) is 11.8 Å². The average molecular weight is 327 g/mol. The maximum atomic E-state index is 13.5. The molecule has 116 valence electrons. The van der Waals surface area contributed by atoms with E-state index in [0.717, 1.165) is 24.3 Å². The van der Waals surface area contributed by atoms with E-state index in [2.05, 4.69) is 0 Å². The second kappa shape index (κ2) is 5.72. The predicted octanol–water partition coefficient (Wildman–Crippen LogP) is 2.77. The molecule has 22 heavy (non-hydrogen) atoms. The van der Waals surface area contributed by atoms with Gasteiger partial charge in [-0.3, -0.25) is 4.72 Å². The number of benzene rings is 2. The molecule has 0 fully saturated rings. The first-order chi connectivity index (χ1) is 10.2. The van der Waals surface area contributed by atoms with Crippen molar-refractivity contribution in [1.29, 1.82) is 0 Å². The van der Waals surface area contributed by atoms with E-state index < -0.39 is 33.3 Å². The van der Waals surface area contributed by atoms with Crippen molar-refractivity contribution in [3.05, 3.63) is 59.2 Å². The van der Waals surface area contributed by atoms with Gasteiger partial charge in [-0.1, -0.05) is 12.1 Å². The molecule has 5 nitrogen and oxygen atoms in total. The lowest BCUT2D eigenvalue weighted by atomic mass is 10.1. The van der Waals surface area contributed by atoms with Gasteiger partial charge < -0.3 is 5.11 Å². The molecule has 0 aliphatic carbocycles. The highest BCUT2D eigenvalue weighted by molar-refractivity contribution is 7.92. The number of nitrogens with one attached hydrogen (secondary N) is 1. The van der Waals surface area contributed by atoms with Crippen LogP contribution >= 0.6 is 0 Å². The van der Waals surface area contributed by atoms with Gasteiger partial charge in [0.15, 0.2) is 0 Å². The lowest BCUT2D eigenvalue weighted by molar-refractivity contribution is 0.0696. The van der Waals surface area contributed by atoms with E-state index in [0.29, 0.717) is 0 Å². The fourth-order valence-corrected chi connectivity index (χ4v) is 3.16. The number of rotatable bonds is 4. The molecule has 2 aromatic carbocycles. The third-order valence-electron chi connectivity index (χ3n) is 2.92. The van der Waals surface area contributed by atoms with Crippen molar-refractivity contribution < 1.29 is 27.1 Å². The van der Waals surface area contributed by atoms with Gasteiger partial charge >= 0.3 is 5.97 Å². The number of halogens is 2. The predicted molar refractivity (Wildman–Crippen MR) is 75.3 cm³/mol. The fraction of sp³-hybridized carbons (Fsp3) is 0.0714. The van der Waals surface area contributed by atoms with Crippen LogP contribution in [0.4, 0.5) is 14.5 Å². The van der Waals surface area contributed by atoms with Crippen LogP contribution in [-0.4, -0.2) is 19.5 Å². The molecule has 2 rings (SSSR count). The van der Waals surface area contributed by atoms with E-state index in [-0.39, 0.29) is 16.0 Å². The van der Waals surface area contributed by atoms with Crippen LogP contribution in [0, 0.1) is 18.6 Å². The number of hydrogen-bond acceptors (Lipinski definition) is 3. The Hall–Kier alpha value is -2.48. The SMILES string of the molecule is Cc1ccc(C(=O)O)cc1S(=O)(=O)Nc1c(F)cccc1F. The first kappa shape index (κ1) is 15.9. The van der Waals surface area contributed by atoms with E-state index in [1.54, 1.807) is 0 Å². The topological polar surface area (TPSA) is 83.5 Å². The summed E-state index contributed by atoms with van der Waals surface area (Å²) in [6, 6.07) is 6.37. The van der Waals surface area contributed by atoms with Crippen LogP contribution in [0.15, 0.2) is 41.3 Å². The molecule has 0 heterocycles. The van der Waals surface area contributed by atoms with Gasteiger partial charge in [-0.15, -0.1) is 0 Å². The second-order valence-electron chi connectivity index (χ2n) is 4.49. The monoisotopic (exact) mass is 327 g/mol. The molecule has 0 aliphatic rings. The molecule has 0 bridgehead atoms. The molecular formula is C14H11F2NO4S. The molecule has 0 saturated carbocycles. The minimum absolute atomic E-state index is 0.245. The highest BCUT2D eigenvalue weighted by atomic mass is 32.2. The molecule has 0 aliphatic heterocycles. The number of aryl methyl sites for hydroxylation is 1. The first-order valence-corrected chi connectivity index (χ1v) is 7.51. The number of carboxylic acids is 1. The third-order valence-corrected chi connectivity index (χ3v) is 4.42. The molecule has 0 aromatic heterocycles. The molecular weight excluding hydrogens is 316 g/mol. The Kier molecular flexibility index (Phi) is 4.14. The lowest BCUT2D eigenvalue weighted by Gasteiger charge is -2.12. The number of carbonyl (C=O) groups is 1. The summed E-state index contributed by atoms with van der Waals surface area (Å²) >= 11 is 0. The van der Waals surface area contributed by atoms with Gasteiger partial charge in [0.2, 0.25) is 0 Å². The molecule has 0 radical (unpaired) electrons. The van der Waals surface area contributed by atoms with Gasteiger partial charge in [0.05, 0.1) is 10.5 Å². The normalized spacial score (nSPS) is 11.2. The number of aromatic carboxylic acids is 1. The molecule has 0 unspecified atom stereocenters. The van der Waals surface area contributed by atoms with Crippen LogP contribution in [0.25, 0.3) is 0 Å². The third kappa shape index (κ3) is 3.06. The van der Waals surface area contributed by atoms with Crippen LogP contribution in [0.5, 0.6) is 0 Å². The standard InChI is InChI=1S/C14H11F2NO4S/c1-8-5-6-9(14(18)19)7-12(8)22(20,21)17-13-10(15)3-2-4-11(13)16/h2-7,17H,1H3,(H,18,19). The number of sulfonamides is 1. The average Bonchev–Trinajstić information content (AvgIpc) is 2.43. The Morgan fingerprint density at radius 3 is 2.27 bits per heavy atom. The van der Waals surface area contributed by atoms with Crippen LogP contribution in [0.1, 0.15) is 15.9 Å². The van der Waals surface area contributed by atoms with Gasteiger partial charge in [-0.2, -0.15) is 0 Å². The molecule has 2 aromatic rings. The van der Waals surface area contributed by atoms with E-state index in [4.69, 9.17) is 5.11 Å². The highest BCUT2D eigenvalue weighted by Crippen LogP contribution is 2.24. The highest BCUT2D eigenvalue weighted by Gasteiger charge is 2.22. The molecule has 2 N–H and O–H groups in total. The smallest absolute Gasteiger partial charge is 0.335 e. The summed E-state index contributed by atoms with van der Waals surface area (Å²) in [4.78, 5) is 10.6. The Bertz CT molecular complexity index is 830. The summed E-state index contributed by atoms with van der Waals surface area (Å²) in [5.74, 6) is -3.46. The summed E-state index contributed by atoms with van der Waals surface area (Å²) in [6.07, 6.45) is 0. The maximum absolute atomic E-state index is 13.5. The minimum atomic E-state index is -4.34. The van der Waals surface area contributed by atoms with Gasteiger partial charge in [-0.25, -0.2) is 22.0 Å². The largest absolute Gasteiger partial charge is 0.478 e. The Morgan fingerprint density at radius 1 is 1.14 bits per heavy atom. The number of hydrogen-bond donors (Lipinski definition) is 2. The van der Waals surface area contributed by atoms with Crippen LogP contribution in [0.3, 0.4) is 0 Å². The number of para-hydroxylation sites is 1. The molecule has 0 saturated heterocycles. The molecule has 0 atom stereocenters. The van der Waals surface area contributed by atoms with Gasteiger partial charge in [-0.05, 0) is 36.8 Å². The van der Waals surface area contributed by atoms with Crippen molar-refractivity contribution in [3.8, 4) is 0 Å². The Balaban J connectivity index is 2.52. The van der Waals surface area contributed by atoms with E-state index in [1.165, 1.54) is 19.1 Å². The zero-order valence-corrected chi connectivity index (χ0v) is 12.1. The maximum Gasteiger partial charge on any atom is 0.335 e. The van der Waals surface area contributed by atoms with Crippen molar-refractivity contribution in [3.63, 3.8) is 0 Å². The zero-order chi connectivity index (χ0) is 16.5. The minimum Gasteiger partial charge on any atom is -0.478 e. The summed E-state index contributed by atoms with van der Waals surface area (Å²) < 4.78 is 53.4. The Labute approximate surface area is 125 Å². The van der Waals surface area contributed by atoms with Crippen molar-refractivity contribution >= 4 is 21.7 Å². The summed E-state index contributed by atoms with van der Waals surface area (Å²) in [6.45, 7) is 1.44. The molecule has 0 amide bonds. The van der Waals surface area contributed by atoms with Crippen LogP contribution in [-0.2, 0) is 10.0 Å². The second-order valence-corrected chi connectivity index (χ2v) is 6.14. The summed E-state index contributed by atoms with van der Waals surface area (Å²) in [5.41, 5.74) is -0.822. The number of carboxylic acid groups (broad SMARTS) is 1. The van der Waals surface area contributed by atoms with Crippen molar-refractivity contribution in [1.82, 2.24) is 0 Å². The van der Waals surface area contributed by atoms with Gasteiger partial charge in [0.1, 0.15) is 17.3 Å². The summed E-state index contributed by atoms with van der Waals surface area (Å²) in [5, 5.41) is 8.91.